The number of hydrogen-bond donors (Lipinski definition) is 2. The van der Waals surface area contributed by atoms with E-state index in [9.17, 15) is 4.79 Å². The first-order chi connectivity index (χ1) is 13.4. The Morgan fingerprint density at radius 3 is 2.45 bits per heavy atom. The molecular weight excluding hydrogens is 485 g/mol. The fourth-order valence-corrected chi connectivity index (χ4v) is 2.98. The molecule has 0 aromatic carbocycles. The summed E-state index contributed by atoms with van der Waals surface area (Å²) in [5, 5.41) is 10.3. The van der Waals surface area contributed by atoms with Gasteiger partial charge in [-0.1, -0.05) is 19.0 Å². The van der Waals surface area contributed by atoms with Crippen molar-refractivity contribution < 1.29 is 9.32 Å². The Kier molecular flexibility index (Phi) is 11.5. The number of aliphatic imine (C=N–C) groups is 1. The van der Waals surface area contributed by atoms with E-state index in [1.54, 1.807) is 0 Å². The summed E-state index contributed by atoms with van der Waals surface area (Å²) < 4.78 is 5.28. The van der Waals surface area contributed by atoms with Crippen LogP contribution in [0.5, 0.6) is 0 Å². The van der Waals surface area contributed by atoms with E-state index in [0.29, 0.717) is 25.4 Å². The fourth-order valence-electron chi connectivity index (χ4n) is 2.98. The molecule has 1 aliphatic rings. The molecule has 0 atom stereocenters. The Bertz CT molecular complexity index is 640. The normalized spacial score (nSPS) is 15.6. The van der Waals surface area contributed by atoms with E-state index >= 15 is 0 Å². The maximum atomic E-state index is 11.9. The van der Waals surface area contributed by atoms with Gasteiger partial charge >= 0.3 is 0 Å². The highest BCUT2D eigenvalue weighted by Crippen LogP contribution is 2.10. The van der Waals surface area contributed by atoms with Gasteiger partial charge in [0.15, 0.2) is 11.8 Å². The molecule has 0 aliphatic carbocycles. The van der Waals surface area contributed by atoms with Gasteiger partial charge < -0.3 is 20.1 Å². The van der Waals surface area contributed by atoms with Crippen LogP contribution in [0.3, 0.4) is 0 Å². The molecule has 1 aliphatic heterocycles. The van der Waals surface area contributed by atoms with Gasteiger partial charge in [-0.05, 0) is 20.8 Å². The van der Waals surface area contributed by atoms with Crippen LogP contribution >= 0.6 is 24.0 Å². The molecule has 1 amide bonds. The summed E-state index contributed by atoms with van der Waals surface area (Å²) in [5.41, 5.74) is 0. The van der Waals surface area contributed by atoms with E-state index in [1.165, 1.54) is 0 Å². The second-order valence-corrected chi connectivity index (χ2v) is 7.67. The number of carbonyl (C=O) groups is 1. The first-order valence-corrected chi connectivity index (χ1v) is 10.3. The van der Waals surface area contributed by atoms with Gasteiger partial charge in [0, 0.05) is 51.1 Å². The Hall–Kier alpha value is -1.43. The number of nitrogens with one attached hydrogen (secondary N) is 2. The van der Waals surface area contributed by atoms with Crippen molar-refractivity contribution >= 4 is 35.8 Å². The number of rotatable bonds is 8. The van der Waals surface area contributed by atoms with Gasteiger partial charge in [0.05, 0.1) is 13.1 Å². The average molecular weight is 521 g/mol. The fraction of sp³-hybridized carbons (Fsp3) is 0.789. The second-order valence-electron chi connectivity index (χ2n) is 7.67. The lowest BCUT2D eigenvalue weighted by atomic mass is 10.2. The number of halogens is 1. The van der Waals surface area contributed by atoms with Crippen molar-refractivity contribution in [2.45, 2.75) is 53.0 Å². The molecule has 2 N–H and O–H groups in total. The van der Waals surface area contributed by atoms with Crippen LogP contribution in [0.1, 0.15) is 52.3 Å². The highest BCUT2D eigenvalue weighted by atomic mass is 127. The predicted molar refractivity (Wildman–Crippen MR) is 125 cm³/mol. The quantitative estimate of drug-likeness (QED) is 0.304. The second kappa shape index (κ2) is 13.0. The molecule has 0 spiro atoms. The summed E-state index contributed by atoms with van der Waals surface area (Å²) in [6.07, 6.45) is 0.629. The van der Waals surface area contributed by atoms with Gasteiger partial charge in [-0.3, -0.25) is 14.7 Å². The summed E-state index contributed by atoms with van der Waals surface area (Å²) in [7, 11) is 0. The Morgan fingerprint density at radius 1 is 1.21 bits per heavy atom. The molecule has 1 aromatic heterocycles. The minimum atomic E-state index is 0. The number of piperazine rings is 1. The van der Waals surface area contributed by atoms with E-state index in [0.717, 1.165) is 44.5 Å². The first kappa shape index (κ1) is 25.6. The molecule has 1 aromatic rings. The Morgan fingerprint density at radius 2 is 1.90 bits per heavy atom. The van der Waals surface area contributed by atoms with Crippen molar-refractivity contribution in [3.63, 3.8) is 0 Å². The number of nitrogens with zero attached hydrogens (tertiary/aromatic N) is 5. The summed E-state index contributed by atoms with van der Waals surface area (Å²) in [4.78, 5) is 25.5. The highest BCUT2D eigenvalue weighted by Gasteiger charge is 2.21. The molecule has 0 saturated carbocycles. The number of guanidine groups is 1. The van der Waals surface area contributed by atoms with Gasteiger partial charge in [0.1, 0.15) is 0 Å². The topological polar surface area (TPSA) is 98.9 Å². The molecule has 29 heavy (non-hydrogen) atoms. The molecule has 10 heteroatoms. The molecule has 0 radical (unpaired) electrons. The van der Waals surface area contributed by atoms with E-state index in [-0.39, 0.29) is 41.8 Å². The third-order valence-corrected chi connectivity index (χ3v) is 4.41. The molecule has 166 valence electrons. The zero-order valence-electron chi connectivity index (χ0n) is 18.3. The largest absolute Gasteiger partial charge is 0.357 e. The summed E-state index contributed by atoms with van der Waals surface area (Å²) >= 11 is 0. The number of amides is 1. The van der Waals surface area contributed by atoms with Crippen molar-refractivity contribution in [1.29, 1.82) is 0 Å². The molecule has 1 fully saturated rings. The monoisotopic (exact) mass is 521 g/mol. The van der Waals surface area contributed by atoms with Crippen molar-refractivity contribution in [3.05, 3.63) is 11.7 Å². The molecule has 2 heterocycles. The lowest BCUT2D eigenvalue weighted by molar-refractivity contribution is -0.123. The van der Waals surface area contributed by atoms with Crippen LogP contribution in [0, 0.1) is 0 Å². The Balaban J connectivity index is 0.00000420. The van der Waals surface area contributed by atoms with E-state index in [1.807, 2.05) is 27.7 Å². The van der Waals surface area contributed by atoms with Gasteiger partial charge in [0.25, 0.3) is 0 Å². The molecule has 1 saturated heterocycles. The summed E-state index contributed by atoms with van der Waals surface area (Å²) in [5.74, 6) is 2.62. The maximum Gasteiger partial charge on any atom is 0.234 e. The van der Waals surface area contributed by atoms with Crippen molar-refractivity contribution in [2.75, 3.05) is 45.8 Å². The van der Waals surface area contributed by atoms with Gasteiger partial charge in [-0.25, -0.2) is 0 Å². The van der Waals surface area contributed by atoms with Crippen LogP contribution < -0.4 is 10.6 Å². The first-order valence-electron chi connectivity index (χ1n) is 10.3. The highest BCUT2D eigenvalue weighted by molar-refractivity contribution is 14.0. The summed E-state index contributed by atoms with van der Waals surface area (Å²) in [6.45, 7) is 15.4. The SMILES string of the molecule is CCNC(=NCCc1nc(C(C)C)no1)N1CCN(CC(=O)NC(C)C)CC1.I. The molecule has 9 nitrogen and oxygen atoms in total. The smallest absolute Gasteiger partial charge is 0.234 e. The zero-order valence-corrected chi connectivity index (χ0v) is 20.6. The van der Waals surface area contributed by atoms with E-state index in [4.69, 9.17) is 9.52 Å². The lowest BCUT2D eigenvalue weighted by Crippen LogP contribution is -2.54. The van der Waals surface area contributed by atoms with E-state index < -0.39 is 0 Å². The minimum Gasteiger partial charge on any atom is -0.357 e. The van der Waals surface area contributed by atoms with Crippen LogP contribution in [-0.4, -0.2) is 83.7 Å². The Labute approximate surface area is 191 Å². The van der Waals surface area contributed by atoms with Crippen LogP contribution in [0.15, 0.2) is 9.52 Å². The number of hydrogen-bond acceptors (Lipinski definition) is 6. The van der Waals surface area contributed by atoms with Crippen LogP contribution in [-0.2, 0) is 11.2 Å². The molecule has 0 bridgehead atoms. The van der Waals surface area contributed by atoms with Crippen LogP contribution in [0.25, 0.3) is 0 Å². The number of carbonyl (C=O) groups excluding carboxylic acids is 1. The average Bonchev–Trinajstić information content (AvgIpc) is 3.10. The lowest BCUT2D eigenvalue weighted by Gasteiger charge is -2.36. The van der Waals surface area contributed by atoms with Crippen LogP contribution in [0.4, 0.5) is 0 Å². The molecule has 0 unspecified atom stereocenters. The summed E-state index contributed by atoms with van der Waals surface area (Å²) in [6, 6.07) is 0.178. The third kappa shape index (κ3) is 8.85. The third-order valence-electron chi connectivity index (χ3n) is 4.41. The molecular formula is C19H36IN7O2. The van der Waals surface area contributed by atoms with Gasteiger partial charge in [0.2, 0.25) is 11.8 Å². The molecule has 2 rings (SSSR count). The van der Waals surface area contributed by atoms with E-state index in [2.05, 4.69) is 37.5 Å². The van der Waals surface area contributed by atoms with Crippen molar-refractivity contribution in [2.24, 2.45) is 4.99 Å². The standard InChI is InChI=1S/C19H35N7O2.HI/c1-6-20-19(21-8-7-17-23-18(14(2)3)24-28-17)26-11-9-25(10-12-26)13-16(27)22-15(4)5;/h14-15H,6-13H2,1-5H3,(H,20,21)(H,22,27);1H. The van der Waals surface area contributed by atoms with Crippen LogP contribution in [0.2, 0.25) is 0 Å². The van der Waals surface area contributed by atoms with Crippen molar-refractivity contribution in [1.82, 2.24) is 30.6 Å². The zero-order chi connectivity index (χ0) is 20.5. The maximum absolute atomic E-state index is 11.9. The van der Waals surface area contributed by atoms with Crippen molar-refractivity contribution in [3.8, 4) is 0 Å². The van der Waals surface area contributed by atoms with Gasteiger partial charge in [-0.2, -0.15) is 4.98 Å². The van der Waals surface area contributed by atoms with Gasteiger partial charge in [-0.15, -0.1) is 24.0 Å². The predicted octanol–water partition coefficient (Wildman–Crippen LogP) is 1.46. The minimum absolute atomic E-state index is 0. The number of aromatic nitrogens is 2.